The lowest BCUT2D eigenvalue weighted by Crippen LogP contribution is -2.33. The van der Waals surface area contributed by atoms with E-state index < -0.39 is 0 Å². The van der Waals surface area contributed by atoms with Crippen molar-refractivity contribution in [3.63, 3.8) is 0 Å². The van der Waals surface area contributed by atoms with Crippen LogP contribution in [-0.2, 0) is 13.0 Å². The number of nitrogen functional groups attached to an aromatic ring is 1. The van der Waals surface area contributed by atoms with Gasteiger partial charge in [0.2, 0.25) is 0 Å². The quantitative estimate of drug-likeness (QED) is 0.714. The minimum Gasteiger partial charge on any atom is -0.383 e. The van der Waals surface area contributed by atoms with Crippen molar-refractivity contribution in [1.82, 2.24) is 25.1 Å². The highest BCUT2D eigenvalue weighted by Crippen LogP contribution is 2.03. The molecular weight excluding hydrogens is 268 g/mol. The van der Waals surface area contributed by atoms with E-state index in [0.717, 1.165) is 17.9 Å². The van der Waals surface area contributed by atoms with Gasteiger partial charge in [-0.25, -0.2) is 4.98 Å². The Labute approximate surface area is 123 Å². The molecule has 0 bridgehead atoms. The van der Waals surface area contributed by atoms with Gasteiger partial charge in [0.05, 0.1) is 12.2 Å². The molecule has 0 aliphatic carbocycles. The minimum atomic E-state index is -0.215. The van der Waals surface area contributed by atoms with Crippen LogP contribution in [0.15, 0.2) is 16.9 Å². The lowest BCUT2D eigenvalue weighted by molar-refractivity contribution is 0.445. The highest BCUT2D eigenvalue weighted by atomic mass is 16.1. The molecular formula is C14H22N6O. The van der Waals surface area contributed by atoms with Gasteiger partial charge in [-0.05, 0) is 26.8 Å². The molecule has 0 fully saturated rings. The molecule has 4 N–H and O–H groups in total. The summed E-state index contributed by atoms with van der Waals surface area (Å²) >= 11 is 0. The second kappa shape index (κ2) is 6.53. The summed E-state index contributed by atoms with van der Waals surface area (Å²) in [6.07, 6.45) is 0.627. The maximum atomic E-state index is 11.3. The fourth-order valence-electron chi connectivity index (χ4n) is 2.27. The van der Waals surface area contributed by atoms with Crippen molar-refractivity contribution < 1.29 is 0 Å². The van der Waals surface area contributed by atoms with E-state index in [-0.39, 0.29) is 17.4 Å². The standard InChI is InChI=1S/C14H22N6O/c1-9-6-11(3)20(19-9)8-10(2)16-5-4-13-17-12(15)7-14(21)18-13/h6-7,10,16H,4-5,8H2,1-3H3,(H3,15,17,18,21). The van der Waals surface area contributed by atoms with Gasteiger partial charge in [-0.15, -0.1) is 0 Å². The molecule has 7 heteroatoms. The zero-order chi connectivity index (χ0) is 15.4. The number of aryl methyl sites for hydroxylation is 2. The first-order chi connectivity index (χ1) is 9.94. The lowest BCUT2D eigenvalue weighted by Gasteiger charge is -2.14. The summed E-state index contributed by atoms with van der Waals surface area (Å²) in [4.78, 5) is 18.1. The number of nitrogens with two attached hydrogens (primary N) is 1. The van der Waals surface area contributed by atoms with Crippen LogP contribution in [0.4, 0.5) is 5.82 Å². The van der Waals surface area contributed by atoms with Crippen LogP contribution in [0.2, 0.25) is 0 Å². The van der Waals surface area contributed by atoms with Crippen LogP contribution < -0.4 is 16.6 Å². The molecule has 0 radical (unpaired) electrons. The van der Waals surface area contributed by atoms with Crippen LogP contribution in [0.5, 0.6) is 0 Å². The third-order valence-corrected chi connectivity index (χ3v) is 3.22. The maximum Gasteiger partial charge on any atom is 0.252 e. The van der Waals surface area contributed by atoms with Crippen LogP contribution in [0.25, 0.3) is 0 Å². The summed E-state index contributed by atoms with van der Waals surface area (Å²) in [6, 6.07) is 3.62. The molecule has 0 saturated heterocycles. The first-order valence-electron chi connectivity index (χ1n) is 7.04. The summed E-state index contributed by atoms with van der Waals surface area (Å²) < 4.78 is 1.99. The Bertz CT molecular complexity index is 660. The van der Waals surface area contributed by atoms with Gasteiger partial charge < -0.3 is 16.0 Å². The molecule has 0 saturated carbocycles. The van der Waals surface area contributed by atoms with E-state index in [1.165, 1.54) is 6.07 Å². The monoisotopic (exact) mass is 290 g/mol. The predicted molar refractivity (Wildman–Crippen MR) is 82.1 cm³/mol. The zero-order valence-electron chi connectivity index (χ0n) is 12.7. The number of aromatic amines is 1. The second-order valence-electron chi connectivity index (χ2n) is 5.33. The Morgan fingerprint density at radius 3 is 2.81 bits per heavy atom. The van der Waals surface area contributed by atoms with Crippen molar-refractivity contribution in [3.05, 3.63) is 39.7 Å². The van der Waals surface area contributed by atoms with Crippen LogP contribution >= 0.6 is 0 Å². The van der Waals surface area contributed by atoms with Gasteiger partial charge in [-0.1, -0.05) is 0 Å². The van der Waals surface area contributed by atoms with Gasteiger partial charge in [-0.3, -0.25) is 9.48 Å². The first kappa shape index (κ1) is 15.2. The van der Waals surface area contributed by atoms with Gasteiger partial charge in [0.25, 0.3) is 5.56 Å². The molecule has 0 aliphatic heterocycles. The van der Waals surface area contributed by atoms with Crippen LogP contribution in [-0.4, -0.2) is 32.3 Å². The van der Waals surface area contributed by atoms with Crippen LogP contribution in [0.3, 0.4) is 0 Å². The van der Waals surface area contributed by atoms with E-state index in [0.29, 0.717) is 18.8 Å². The topological polar surface area (TPSA) is 102 Å². The third kappa shape index (κ3) is 4.42. The van der Waals surface area contributed by atoms with E-state index in [1.807, 2.05) is 18.5 Å². The molecule has 0 aromatic carbocycles. The van der Waals surface area contributed by atoms with Crippen molar-refractivity contribution in [2.75, 3.05) is 12.3 Å². The average molecular weight is 290 g/mol. The minimum absolute atomic E-state index is 0.215. The Kier molecular flexibility index (Phi) is 4.74. The molecule has 2 aromatic rings. The zero-order valence-corrected chi connectivity index (χ0v) is 12.7. The molecule has 0 aliphatic rings. The van der Waals surface area contributed by atoms with Crippen molar-refractivity contribution >= 4 is 5.82 Å². The number of hydrogen-bond acceptors (Lipinski definition) is 5. The van der Waals surface area contributed by atoms with Crippen molar-refractivity contribution in [2.45, 2.75) is 39.8 Å². The Hall–Kier alpha value is -2.15. The fraction of sp³-hybridized carbons (Fsp3) is 0.500. The van der Waals surface area contributed by atoms with Gasteiger partial charge in [0, 0.05) is 30.8 Å². The first-order valence-corrected chi connectivity index (χ1v) is 7.04. The van der Waals surface area contributed by atoms with E-state index in [4.69, 9.17) is 5.73 Å². The highest BCUT2D eigenvalue weighted by molar-refractivity contribution is 5.25. The van der Waals surface area contributed by atoms with Crippen molar-refractivity contribution in [1.29, 1.82) is 0 Å². The van der Waals surface area contributed by atoms with Crippen LogP contribution in [0.1, 0.15) is 24.1 Å². The SMILES string of the molecule is Cc1cc(C)n(CC(C)NCCc2nc(N)cc(=O)[nH]2)n1. The summed E-state index contributed by atoms with van der Waals surface area (Å²) in [5, 5.41) is 7.83. The van der Waals surface area contributed by atoms with E-state index in [9.17, 15) is 4.79 Å². The Morgan fingerprint density at radius 1 is 1.43 bits per heavy atom. The van der Waals surface area contributed by atoms with E-state index in [2.05, 4.69) is 33.4 Å². The number of H-pyrrole nitrogens is 1. The normalized spacial score (nSPS) is 12.5. The molecule has 1 unspecified atom stereocenters. The van der Waals surface area contributed by atoms with Gasteiger partial charge in [0.15, 0.2) is 0 Å². The number of anilines is 1. The van der Waals surface area contributed by atoms with Gasteiger partial charge >= 0.3 is 0 Å². The fourth-order valence-corrected chi connectivity index (χ4v) is 2.27. The lowest BCUT2D eigenvalue weighted by atomic mass is 10.3. The third-order valence-electron chi connectivity index (χ3n) is 3.22. The summed E-state index contributed by atoms with van der Waals surface area (Å²) in [7, 11) is 0. The number of rotatable bonds is 6. The second-order valence-corrected chi connectivity index (χ2v) is 5.33. The predicted octanol–water partition coefficient (Wildman–Crippen LogP) is 0.386. The van der Waals surface area contributed by atoms with Crippen molar-refractivity contribution in [2.24, 2.45) is 0 Å². The van der Waals surface area contributed by atoms with Gasteiger partial charge in [0.1, 0.15) is 11.6 Å². The van der Waals surface area contributed by atoms with Crippen molar-refractivity contribution in [3.8, 4) is 0 Å². The maximum absolute atomic E-state index is 11.3. The average Bonchev–Trinajstić information content (AvgIpc) is 2.66. The molecule has 2 rings (SSSR count). The molecule has 114 valence electrons. The number of hydrogen-bond donors (Lipinski definition) is 3. The molecule has 0 amide bonds. The molecule has 7 nitrogen and oxygen atoms in total. The molecule has 1 atom stereocenters. The van der Waals surface area contributed by atoms with Gasteiger partial charge in [-0.2, -0.15) is 5.10 Å². The summed E-state index contributed by atoms with van der Waals surface area (Å²) in [5.41, 5.74) is 7.52. The number of aromatic nitrogens is 4. The number of nitrogens with zero attached hydrogens (tertiary/aromatic N) is 3. The highest BCUT2D eigenvalue weighted by Gasteiger charge is 2.07. The summed E-state index contributed by atoms with van der Waals surface area (Å²) in [5.74, 6) is 0.857. The Morgan fingerprint density at radius 2 is 2.19 bits per heavy atom. The van der Waals surface area contributed by atoms with Crippen LogP contribution in [0, 0.1) is 13.8 Å². The largest absolute Gasteiger partial charge is 0.383 e. The molecule has 0 spiro atoms. The number of nitrogens with one attached hydrogen (secondary N) is 2. The molecule has 21 heavy (non-hydrogen) atoms. The molecule has 2 heterocycles. The smallest absolute Gasteiger partial charge is 0.252 e. The van der Waals surface area contributed by atoms with E-state index in [1.54, 1.807) is 0 Å². The molecule has 2 aromatic heterocycles. The van der Waals surface area contributed by atoms with E-state index >= 15 is 0 Å². The Balaban J connectivity index is 1.82. The summed E-state index contributed by atoms with van der Waals surface area (Å²) in [6.45, 7) is 7.66.